The molecular formula is C13H10O5. The SMILES string of the molecule is O=C(O)COc1ccc2ccc(C(=O)O)cc2c1. The van der Waals surface area contributed by atoms with Gasteiger partial charge in [-0.3, -0.25) is 0 Å². The van der Waals surface area contributed by atoms with Crippen LogP contribution >= 0.6 is 0 Å². The number of hydrogen-bond donors (Lipinski definition) is 2. The molecule has 0 saturated heterocycles. The molecule has 2 rings (SSSR count). The van der Waals surface area contributed by atoms with E-state index in [-0.39, 0.29) is 5.56 Å². The van der Waals surface area contributed by atoms with E-state index in [0.717, 1.165) is 5.39 Å². The van der Waals surface area contributed by atoms with Gasteiger partial charge in [-0.05, 0) is 35.0 Å². The second-order valence-corrected chi connectivity index (χ2v) is 3.71. The number of aliphatic carboxylic acids is 1. The van der Waals surface area contributed by atoms with E-state index in [1.54, 1.807) is 24.3 Å². The molecular weight excluding hydrogens is 236 g/mol. The summed E-state index contributed by atoms with van der Waals surface area (Å²) in [6.45, 7) is -0.426. The molecule has 0 aliphatic rings. The minimum absolute atomic E-state index is 0.179. The Bertz CT molecular complexity index is 618. The number of carbonyl (C=O) groups is 2. The third-order valence-corrected chi connectivity index (χ3v) is 2.42. The molecule has 92 valence electrons. The molecule has 2 aromatic rings. The Hall–Kier alpha value is -2.56. The monoisotopic (exact) mass is 246 g/mol. The Balaban J connectivity index is 2.36. The second-order valence-electron chi connectivity index (χ2n) is 3.71. The van der Waals surface area contributed by atoms with Crippen LogP contribution in [0.3, 0.4) is 0 Å². The first-order valence-corrected chi connectivity index (χ1v) is 5.18. The Kier molecular flexibility index (Phi) is 3.14. The van der Waals surface area contributed by atoms with Crippen molar-refractivity contribution in [3.8, 4) is 5.75 Å². The quantitative estimate of drug-likeness (QED) is 0.861. The van der Waals surface area contributed by atoms with Crippen molar-refractivity contribution in [2.45, 2.75) is 0 Å². The van der Waals surface area contributed by atoms with Gasteiger partial charge in [-0.25, -0.2) is 9.59 Å². The van der Waals surface area contributed by atoms with Gasteiger partial charge in [-0.1, -0.05) is 12.1 Å². The zero-order valence-electron chi connectivity index (χ0n) is 9.29. The normalized spacial score (nSPS) is 10.2. The second kappa shape index (κ2) is 4.75. The molecule has 0 saturated carbocycles. The summed E-state index contributed by atoms with van der Waals surface area (Å²) in [5, 5.41) is 18.9. The van der Waals surface area contributed by atoms with Crippen molar-refractivity contribution in [1.82, 2.24) is 0 Å². The van der Waals surface area contributed by atoms with E-state index in [0.29, 0.717) is 11.1 Å². The van der Waals surface area contributed by atoms with Crippen molar-refractivity contribution >= 4 is 22.7 Å². The van der Waals surface area contributed by atoms with Crippen molar-refractivity contribution in [1.29, 1.82) is 0 Å². The Morgan fingerprint density at radius 3 is 2.39 bits per heavy atom. The summed E-state index contributed by atoms with van der Waals surface area (Å²) >= 11 is 0. The van der Waals surface area contributed by atoms with Gasteiger partial charge in [0.15, 0.2) is 6.61 Å². The highest BCUT2D eigenvalue weighted by Gasteiger charge is 2.05. The van der Waals surface area contributed by atoms with Crippen molar-refractivity contribution < 1.29 is 24.5 Å². The molecule has 0 radical (unpaired) electrons. The van der Waals surface area contributed by atoms with E-state index >= 15 is 0 Å². The first-order chi connectivity index (χ1) is 8.56. The molecule has 5 nitrogen and oxygen atoms in total. The van der Waals surface area contributed by atoms with Gasteiger partial charge in [0.05, 0.1) is 5.56 Å². The molecule has 0 bridgehead atoms. The highest BCUT2D eigenvalue weighted by molar-refractivity contribution is 5.94. The Morgan fingerprint density at radius 2 is 1.72 bits per heavy atom. The molecule has 0 fully saturated rings. The number of hydrogen-bond acceptors (Lipinski definition) is 3. The molecule has 0 spiro atoms. The van der Waals surface area contributed by atoms with Gasteiger partial charge in [0.25, 0.3) is 0 Å². The van der Waals surface area contributed by atoms with Crippen LogP contribution in [0.2, 0.25) is 0 Å². The zero-order valence-corrected chi connectivity index (χ0v) is 9.29. The average molecular weight is 246 g/mol. The summed E-state index contributed by atoms with van der Waals surface area (Å²) in [7, 11) is 0. The summed E-state index contributed by atoms with van der Waals surface area (Å²) in [6, 6.07) is 9.74. The topological polar surface area (TPSA) is 83.8 Å². The summed E-state index contributed by atoms with van der Waals surface area (Å²) < 4.78 is 5.03. The largest absolute Gasteiger partial charge is 0.482 e. The number of rotatable bonds is 4. The highest BCUT2D eigenvalue weighted by Crippen LogP contribution is 2.22. The van der Waals surface area contributed by atoms with Crippen LogP contribution in [0.5, 0.6) is 5.75 Å². The zero-order chi connectivity index (χ0) is 13.1. The van der Waals surface area contributed by atoms with E-state index in [2.05, 4.69) is 0 Å². The van der Waals surface area contributed by atoms with E-state index in [4.69, 9.17) is 14.9 Å². The van der Waals surface area contributed by atoms with Crippen molar-refractivity contribution in [3.05, 3.63) is 42.0 Å². The minimum atomic E-state index is -1.06. The lowest BCUT2D eigenvalue weighted by molar-refractivity contribution is -0.139. The first-order valence-electron chi connectivity index (χ1n) is 5.18. The van der Waals surface area contributed by atoms with Crippen LogP contribution in [-0.2, 0) is 4.79 Å². The molecule has 0 aliphatic carbocycles. The lowest BCUT2D eigenvalue weighted by atomic mass is 10.1. The molecule has 2 aromatic carbocycles. The van der Waals surface area contributed by atoms with Gasteiger partial charge in [0.2, 0.25) is 0 Å². The summed E-state index contributed by atoms with van der Waals surface area (Å²) in [4.78, 5) is 21.2. The predicted octanol–water partition coefficient (Wildman–Crippen LogP) is 2.00. The third kappa shape index (κ3) is 2.57. The van der Waals surface area contributed by atoms with Crippen LogP contribution in [0, 0.1) is 0 Å². The van der Waals surface area contributed by atoms with Crippen LogP contribution in [-0.4, -0.2) is 28.8 Å². The number of carboxylic acid groups (broad SMARTS) is 2. The summed E-state index contributed by atoms with van der Waals surface area (Å²) in [5.41, 5.74) is 0.179. The number of benzene rings is 2. The minimum Gasteiger partial charge on any atom is -0.482 e. The smallest absolute Gasteiger partial charge is 0.341 e. The fraction of sp³-hybridized carbons (Fsp3) is 0.0769. The fourth-order valence-corrected chi connectivity index (χ4v) is 1.59. The van der Waals surface area contributed by atoms with Crippen LogP contribution in [0.15, 0.2) is 36.4 Å². The summed E-state index contributed by atoms with van der Waals surface area (Å²) in [6.07, 6.45) is 0. The molecule has 0 unspecified atom stereocenters. The first kappa shape index (κ1) is 11.9. The standard InChI is InChI=1S/C13H10O5/c14-12(15)7-18-11-4-3-8-1-2-9(13(16)17)5-10(8)6-11/h1-6H,7H2,(H,14,15)(H,16,17). The molecule has 5 heteroatoms. The number of carboxylic acids is 2. The van der Waals surface area contributed by atoms with Gasteiger partial charge in [0, 0.05) is 0 Å². The molecule has 0 heterocycles. The molecule has 18 heavy (non-hydrogen) atoms. The van der Waals surface area contributed by atoms with Crippen LogP contribution in [0.4, 0.5) is 0 Å². The Morgan fingerprint density at radius 1 is 1.00 bits per heavy atom. The third-order valence-electron chi connectivity index (χ3n) is 2.42. The van der Waals surface area contributed by atoms with Crippen molar-refractivity contribution in [2.75, 3.05) is 6.61 Å². The van der Waals surface area contributed by atoms with E-state index in [1.807, 2.05) is 0 Å². The van der Waals surface area contributed by atoms with E-state index in [9.17, 15) is 9.59 Å². The van der Waals surface area contributed by atoms with Gasteiger partial charge < -0.3 is 14.9 Å². The van der Waals surface area contributed by atoms with Gasteiger partial charge in [-0.2, -0.15) is 0 Å². The van der Waals surface area contributed by atoms with Crippen molar-refractivity contribution in [2.24, 2.45) is 0 Å². The Labute approximate surface area is 102 Å². The average Bonchev–Trinajstić information content (AvgIpc) is 2.35. The molecule has 0 aromatic heterocycles. The van der Waals surface area contributed by atoms with Crippen LogP contribution < -0.4 is 4.74 Å². The lowest BCUT2D eigenvalue weighted by Crippen LogP contribution is -2.09. The number of fused-ring (bicyclic) bond motifs is 1. The molecule has 0 atom stereocenters. The summed E-state index contributed by atoms with van der Waals surface area (Å²) in [5.74, 6) is -1.67. The van der Waals surface area contributed by atoms with Gasteiger partial charge >= 0.3 is 11.9 Å². The van der Waals surface area contributed by atoms with Gasteiger partial charge in [0.1, 0.15) is 5.75 Å². The maximum atomic E-state index is 10.8. The lowest BCUT2D eigenvalue weighted by Gasteiger charge is -2.05. The van der Waals surface area contributed by atoms with Crippen molar-refractivity contribution in [3.63, 3.8) is 0 Å². The molecule has 0 amide bonds. The predicted molar refractivity (Wildman–Crippen MR) is 64.0 cm³/mol. The fourth-order valence-electron chi connectivity index (χ4n) is 1.59. The van der Waals surface area contributed by atoms with Gasteiger partial charge in [-0.15, -0.1) is 0 Å². The number of aromatic carboxylic acids is 1. The van der Waals surface area contributed by atoms with Crippen LogP contribution in [0.25, 0.3) is 10.8 Å². The number of ether oxygens (including phenoxy) is 1. The highest BCUT2D eigenvalue weighted by atomic mass is 16.5. The maximum Gasteiger partial charge on any atom is 0.341 e. The molecule has 2 N–H and O–H groups in total. The maximum absolute atomic E-state index is 10.8. The van der Waals surface area contributed by atoms with E-state index in [1.165, 1.54) is 12.1 Å². The molecule has 0 aliphatic heterocycles. The van der Waals surface area contributed by atoms with E-state index < -0.39 is 18.5 Å². The van der Waals surface area contributed by atoms with Crippen LogP contribution in [0.1, 0.15) is 10.4 Å².